The number of ether oxygens (including phenoxy) is 2. The molecule has 22 heavy (non-hydrogen) atoms. The van der Waals surface area contributed by atoms with Crippen molar-refractivity contribution in [3.05, 3.63) is 17.7 Å². The van der Waals surface area contributed by atoms with Crippen LogP contribution >= 0.6 is 0 Å². The second-order valence-electron chi connectivity index (χ2n) is 6.71. The largest absolute Gasteiger partial charge is 0.381 e. The molecule has 124 valence electrons. The highest BCUT2D eigenvalue weighted by atomic mass is 16.5. The number of likely N-dealkylation sites (tertiary alicyclic amines) is 1. The van der Waals surface area contributed by atoms with Crippen molar-refractivity contribution in [2.45, 2.75) is 51.8 Å². The molecule has 2 aliphatic heterocycles. The van der Waals surface area contributed by atoms with Crippen molar-refractivity contribution in [3.63, 3.8) is 0 Å². The second kappa shape index (κ2) is 7.57. The lowest BCUT2D eigenvalue weighted by molar-refractivity contribution is 0.0158. The van der Waals surface area contributed by atoms with E-state index in [4.69, 9.17) is 9.47 Å². The van der Waals surface area contributed by atoms with Crippen LogP contribution < -0.4 is 0 Å². The molecular formula is C17H29N3O2. The zero-order chi connectivity index (χ0) is 15.4. The molecule has 1 aromatic rings. The van der Waals surface area contributed by atoms with E-state index in [-0.39, 0.29) is 0 Å². The average Bonchev–Trinajstić information content (AvgIpc) is 2.90. The number of aryl methyl sites for hydroxylation is 1. The van der Waals surface area contributed by atoms with E-state index in [9.17, 15) is 0 Å². The van der Waals surface area contributed by atoms with E-state index >= 15 is 0 Å². The van der Waals surface area contributed by atoms with Gasteiger partial charge in [-0.15, -0.1) is 0 Å². The summed E-state index contributed by atoms with van der Waals surface area (Å²) in [7, 11) is 1.74. The van der Waals surface area contributed by atoms with Crippen LogP contribution in [0.25, 0.3) is 0 Å². The van der Waals surface area contributed by atoms with Crippen molar-refractivity contribution in [3.8, 4) is 0 Å². The molecule has 0 N–H and O–H groups in total. The number of hydrogen-bond acceptors (Lipinski definition) is 4. The second-order valence-corrected chi connectivity index (χ2v) is 6.71. The summed E-state index contributed by atoms with van der Waals surface area (Å²) in [6.45, 7) is 8.17. The molecule has 3 heterocycles. The van der Waals surface area contributed by atoms with Crippen LogP contribution in [0.3, 0.4) is 0 Å². The van der Waals surface area contributed by atoms with Gasteiger partial charge in [-0.25, -0.2) is 4.98 Å². The highest BCUT2D eigenvalue weighted by Crippen LogP contribution is 2.25. The number of aromatic nitrogens is 2. The third kappa shape index (κ3) is 3.70. The van der Waals surface area contributed by atoms with E-state index in [0.29, 0.717) is 6.61 Å². The number of methoxy groups -OCH3 is 1. The van der Waals surface area contributed by atoms with Gasteiger partial charge in [0, 0.05) is 51.3 Å². The molecular weight excluding hydrogens is 278 g/mol. The Morgan fingerprint density at radius 3 is 2.91 bits per heavy atom. The third-order valence-corrected chi connectivity index (χ3v) is 5.11. The Hall–Kier alpha value is -0.910. The number of nitrogens with zero attached hydrogens (tertiary/aromatic N) is 3. The molecule has 0 amide bonds. The first-order chi connectivity index (χ1) is 10.8. The van der Waals surface area contributed by atoms with Crippen molar-refractivity contribution in [2.75, 3.05) is 33.4 Å². The van der Waals surface area contributed by atoms with Gasteiger partial charge in [-0.3, -0.25) is 4.90 Å². The van der Waals surface area contributed by atoms with E-state index in [1.165, 1.54) is 44.5 Å². The van der Waals surface area contributed by atoms with E-state index in [0.717, 1.165) is 37.5 Å². The van der Waals surface area contributed by atoms with Crippen molar-refractivity contribution in [1.29, 1.82) is 0 Å². The molecule has 0 spiro atoms. The summed E-state index contributed by atoms with van der Waals surface area (Å²) in [6.07, 6.45) is 7.00. The lowest BCUT2D eigenvalue weighted by Gasteiger charge is -2.40. The Labute approximate surface area is 133 Å². The summed E-state index contributed by atoms with van der Waals surface area (Å²) in [5, 5.41) is 0. The molecule has 2 saturated heterocycles. The maximum Gasteiger partial charge on any atom is 0.134 e. The minimum atomic E-state index is 0.601. The summed E-state index contributed by atoms with van der Waals surface area (Å²) < 4.78 is 13.1. The predicted molar refractivity (Wildman–Crippen MR) is 85.8 cm³/mol. The Kier molecular flexibility index (Phi) is 5.50. The Balaban J connectivity index is 1.61. The summed E-state index contributed by atoms with van der Waals surface area (Å²) in [5.74, 6) is 1.78. The van der Waals surface area contributed by atoms with Gasteiger partial charge < -0.3 is 14.0 Å². The van der Waals surface area contributed by atoms with Crippen LogP contribution in [0, 0.1) is 12.8 Å². The van der Waals surface area contributed by atoms with Gasteiger partial charge in [0.25, 0.3) is 0 Å². The van der Waals surface area contributed by atoms with Gasteiger partial charge in [0.1, 0.15) is 12.4 Å². The molecule has 5 heteroatoms. The van der Waals surface area contributed by atoms with E-state index in [1.807, 2.05) is 6.20 Å². The Morgan fingerprint density at radius 2 is 2.14 bits per heavy atom. The monoisotopic (exact) mass is 307 g/mol. The van der Waals surface area contributed by atoms with Crippen LogP contribution in [0.2, 0.25) is 0 Å². The SMILES string of the molecule is COCc1ncc(C)n1CC1CCCN(C2CCOCC2)C1. The normalized spacial score (nSPS) is 24.7. The van der Waals surface area contributed by atoms with E-state index in [2.05, 4.69) is 21.4 Å². The van der Waals surface area contributed by atoms with Crippen LogP contribution in [0.15, 0.2) is 6.20 Å². The smallest absolute Gasteiger partial charge is 0.134 e. The van der Waals surface area contributed by atoms with Crippen LogP contribution in [-0.4, -0.2) is 53.9 Å². The molecule has 2 fully saturated rings. The quantitative estimate of drug-likeness (QED) is 0.836. The van der Waals surface area contributed by atoms with Gasteiger partial charge in [0.2, 0.25) is 0 Å². The molecule has 2 aliphatic rings. The van der Waals surface area contributed by atoms with Crippen molar-refractivity contribution < 1.29 is 9.47 Å². The minimum Gasteiger partial charge on any atom is -0.381 e. The maximum atomic E-state index is 5.51. The van der Waals surface area contributed by atoms with Crippen molar-refractivity contribution in [2.24, 2.45) is 5.92 Å². The fourth-order valence-electron chi connectivity index (χ4n) is 3.89. The molecule has 0 aliphatic carbocycles. The van der Waals surface area contributed by atoms with Gasteiger partial charge in [0.05, 0.1) is 0 Å². The summed E-state index contributed by atoms with van der Waals surface area (Å²) in [6, 6.07) is 0.735. The number of imidazole rings is 1. The van der Waals surface area contributed by atoms with Crippen LogP contribution in [0.4, 0.5) is 0 Å². The predicted octanol–water partition coefficient (Wildman–Crippen LogP) is 2.23. The molecule has 0 radical (unpaired) electrons. The van der Waals surface area contributed by atoms with Gasteiger partial charge in [0.15, 0.2) is 0 Å². The molecule has 3 rings (SSSR count). The Bertz CT molecular complexity index is 468. The molecule has 1 aromatic heterocycles. The fraction of sp³-hybridized carbons (Fsp3) is 0.824. The van der Waals surface area contributed by atoms with Crippen LogP contribution in [0.5, 0.6) is 0 Å². The highest BCUT2D eigenvalue weighted by molar-refractivity contribution is 5.03. The maximum absolute atomic E-state index is 5.51. The van der Waals surface area contributed by atoms with Crippen LogP contribution in [0.1, 0.15) is 37.2 Å². The van der Waals surface area contributed by atoms with Crippen LogP contribution in [-0.2, 0) is 22.6 Å². The molecule has 5 nitrogen and oxygen atoms in total. The summed E-state index contributed by atoms with van der Waals surface area (Å²) in [5.41, 5.74) is 1.25. The highest BCUT2D eigenvalue weighted by Gasteiger charge is 2.27. The summed E-state index contributed by atoms with van der Waals surface area (Å²) >= 11 is 0. The van der Waals surface area contributed by atoms with E-state index < -0.39 is 0 Å². The molecule has 0 bridgehead atoms. The minimum absolute atomic E-state index is 0.601. The zero-order valence-corrected chi connectivity index (χ0v) is 14.0. The average molecular weight is 307 g/mol. The number of rotatable bonds is 5. The Morgan fingerprint density at radius 1 is 1.32 bits per heavy atom. The van der Waals surface area contributed by atoms with Gasteiger partial charge >= 0.3 is 0 Å². The summed E-state index contributed by atoms with van der Waals surface area (Å²) in [4.78, 5) is 7.19. The first-order valence-corrected chi connectivity index (χ1v) is 8.59. The van der Waals surface area contributed by atoms with Gasteiger partial charge in [-0.05, 0) is 45.1 Å². The topological polar surface area (TPSA) is 39.5 Å². The molecule has 1 unspecified atom stereocenters. The zero-order valence-electron chi connectivity index (χ0n) is 14.0. The fourth-order valence-corrected chi connectivity index (χ4v) is 3.89. The van der Waals surface area contributed by atoms with Gasteiger partial charge in [-0.1, -0.05) is 0 Å². The first kappa shape index (κ1) is 16.0. The number of hydrogen-bond donors (Lipinski definition) is 0. The lowest BCUT2D eigenvalue weighted by Crippen LogP contribution is -2.46. The standard InChI is InChI=1S/C17H29N3O2/c1-14-10-18-17(13-21-2)20(14)12-15-4-3-7-19(11-15)16-5-8-22-9-6-16/h10,15-16H,3-9,11-13H2,1-2H3. The van der Waals surface area contributed by atoms with E-state index in [1.54, 1.807) is 7.11 Å². The molecule has 0 saturated carbocycles. The third-order valence-electron chi connectivity index (χ3n) is 5.11. The molecule has 1 atom stereocenters. The first-order valence-electron chi connectivity index (χ1n) is 8.59. The van der Waals surface area contributed by atoms with Crippen molar-refractivity contribution >= 4 is 0 Å². The number of piperidine rings is 1. The lowest BCUT2D eigenvalue weighted by atomic mass is 9.94. The van der Waals surface area contributed by atoms with Gasteiger partial charge in [-0.2, -0.15) is 0 Å². The van der Waals surface area contributed by atoms with Crippen molar-refractivity contribution in [1.82, 2.24) is 14.5 Å². The molecule has 0 aromatic carbocycles.